The molecule has 0 aromatic rings. The fourth-order valence-corrected chi connectivity index (χ4v) is 16.9. The summed E-state index contributed by atoms with van der Waals surface area (Å²) >= 11 is 0. The Kier molecular flexibility index (Phi) is 23.8. The lowest BCUT2D eigenvalue weighted by Crippen LogP contribution is -2.60. The molecule has 0 spiro atoms. The van der Waals surface area contributed by atoms with Crippen LogP contribution in [0.5, 0.6) is 0 Å². The first-order valence-electron chi connectivity index (χ1n) is 12.6. The minimum Gasteiger partial charge on any atom is -0.417 e. The number of carbonyl (C=O) groups is 4. The van der Waals surface area contributed by atoms with E-state index in [1.165, 1.54) is 0 Å². The predicted molar refractivity (Wildman–Crippen MR) is 174 cm³/mol. The fourth-order valence-electron chi connectivity index (χ4n) is 2.27. The van der Waals surface area contributed by atoms with Gasteiger partial charge in [-0.3, -0.25) is 19.2 Å². The zero-order valence-electron chi connectivity index (χ0n) is 26.3. The maximum atomic E-state index is 11.7. The van der Waals surface area contributed by atoms with Gasteiger partial charge in [0, 0.05) is 18.2 Å². The second-order valence-electron chi connectivity index (χ2n) is 11.3. The van der Waals surface area contributed by atoms with Crippen LogP contribution >= 0.6 is 0 Å². The molecule has 7 N–H and O–H groups in total. The van der Waals surface area contributed by atoms with Crippen LogP contribution in [0.25, 0.3) is 0 Å². The van der Waals surface area contributed by atoms with E-state index in [1.54, 1.807) is 6.92 Å². The van der Waals surface area contributed by atoms with Crippen molar-refractivity contribution in [3.05, 3.63) is 50.1 Å². The van der Waals surface area contributed by atoms with Gasteiger partial charge in [-0.1, -0.05) is 26.3 Å². The van der Waals surface area contributed by atoms with E-state index in [2.05, 4.69) is 108 Å². The highest BCUT2D eigenvalue weighted by atomic mass is 28.5. The van der Waals surface area contributed by atoms with E-state index in [0.717, 1.165) is 30.7 Å². The van der Waals surface area contributed by atoms with Crippen LogP contribution in [0, 0.1) is 0 Å². The van der Waals surface area contributed by atoms with Crippen LogP contribution < -0.4 is 22.5 Å². The number of nitrogens with two attached hydrogens (primary N) is 3. The number of carbonyl (C=O) groups excluding carboxylic acids is 4. The first-order valence-corrected chi connectivity index (χ1v) is 24.7. The van der Waals surface area contributed by atoms with Gasteiger partial charge < -0.3 is 34.9 Å². The van der Waals surface area contributed by atoms with Crippen molar-refractivity contribution in [1.82, 2.24) is 5.32 Å². The van der Waals surface area contributed by atoms with Gasteiger partial charge in [-0.05, 0) is 90.5 Å². The maximum absolute atomic E-state index is 11.7. The van der Waals surface area contributed by atoms with Gasteiger partial charge in [0.25, 0.3) is 0 Å². The highest BCUT2D eigenvalue weighted by Crippen LogP contribution is 2.29. The summed E-state index contributed by atoms with van der Waals surface area (Å²) in [6.07, 6.45) is 3.95. The van der Waals surface area contributed by atoms with Gasteiger partial charge in [0.05, 0.1) is 0 Å². The van der Waals surface area contributed by atoms with Gasteiger partial charge in [0.1, 0.15) is 0 Å². The second kappa shape index (κ2) is 21.3. The Balaban J connectivity index is -0.000000350. The molecule has 0 radical (unpaired) electrons. The topological polar surface area (TPSA) is 186 Å². The molecule has 0 aromatic carbocycles. The molecule has 0 aliphatic carbocycles. The number of amides is 4. The van der Waals surface area contributed by atoms with Crippen molar-refractivity contribution in [3.8, 4) is 0 Å². The molecule has 0 saturated heterocycles. The SMILES string of the molecule is C=C(C)C(=O)NCCC[Si](O[Si](C)(C)C)(O[Si](C)(C)C)O[Si](C)(C)C.C=CC(N)=O.C=CC(N)=O.C=CC(N)=O. The van der Waals surface area contributed by atoms with E-state index in [-0.39, 0.29) is 5.91 Å². The highest BCUT2D eigenvalue weighted by molar-refractivity contribution is 6.90. The molecular weight excluding hydrogens is 581 g/mol. The third-order valence-electron chi connectivity index (χ3n) is 3.32. The Morgan fingerprint density at radius 2 is 0.925 bits per heavy atom. The van der Waals surface area contributed by atoms with Gasteiger partial charge in [-0.25, -0.2) is 0 Å². The van der Waals surface area contributed by atoms with Crippen molar-refractivity contribution in [1.29, 1.82) is 0 Å². The molecule has 232 valence electrons. The Morgan fingerprint density at radius 1 is 0.675 bits per heavy atom. The van der Waals surface area contributed by atoms with Gasteiger partial charge >= 0.3 is 8.80 Å². The average molecular weight is 635 g/mol. The fraction of sp³-hybridized carbons (Fsp3) is 0.520. The first-order chi connectivity index (χ1) is 17.8. The molecule has 0 bridgehead atoms. The Bertz CT molecular complexity index is 779. The second-order valence-corrected chi connectivity index (χ2v) is 28.3. The summed E-state index contributed by atoms with van der Waals surface area (Å²) in [7, 11) is -8.30. The van der Waals surface area contributed by atoms with Crippen molar-refractivity contribution >= 4 is 57.4 Å². The molecule has 40 heavy (non-hydrogen) atoms. The standard InChI is InChI=1S/C16H39NO4Si4.3C3H5NO/c1-15(2)16(18)17-13-12-14-25(19-22(3,4)5,20-23(6,7)8)21-24(9,10)11;3*1-2-3(4)5/h1,12-14H2,2-11H3,(H,17,18);3*2H,1H2,(H2,4,5). The lowest BCUT2D eigenvalue weighted by atomic mass is 10.3. The van der Waals surface area contributed by atoms with E-state index >= 15 is 0 Å². The number of primary amides is 3. The summed E-state index contributed by atoms with van der Waals surface area (Å²) in [5.41, 5.74) is 14.1. The van der Waals surface area contributed by atoms with E-state index in [4.69, 9.17) is 12.3 Å². The summed E-state index contributed by atoms with van der Waals surface area (Å²) in [4.78, 5) is 40.1. The summed E-state index contributed by atoms with van der Waals surface area (Å²) in [6.45, 7) is 34.8. The van der Waals surface area contributed by atoms with E-state index < -0.39 is 51.5 Å². The normalized spacial score (nSPS) is 10.9. The van der Waals surface area contributed by atoms with Gasteiger partial charge in [-0.15, -0.1) is 0 Å². The quantitative estimate of drug-likeness (QED) is 0.128. The molecule has 0 saturated carbocycles. The van der Waals surface area contributed by atoms with Crippen molar-refractivity contribution in [2.24, 2.45) is 17.2 Å². The number of nitrogens with one attached hydrogen (secondary N) is 1. The summed E-state index contributed by atoms with van der Waals surface area (Å²) in [5, 5.41) is 2.89. The summed E-state index contributed by atoms with van der Waals surface area (Å²) in [6, 6.07) is 0.738. The Labute approximate surface area is 246 Å². The number of hydrogen-bond acceptors (Lipinski definition) is 7. The van der Waals surface area contributed by atoms with Crippen LogP contribution in [0.3, 0.4) is 0 Å². The van der Waals surface area contributed by atoms with E-state index in [9.17, 15) is 19.2 Å². The first kappa shape index (κ1) is 44.6. The zero-order valence-corrected chi connectivity index (χ0v) is 30.3. The van der Waals surface area contributed by atoms with Crippen LogP contribution in [0.2, 0.25) is 65.0 Å². The van der Waals surface area contributed by atoms with Gasteiger partial charge in [-0.2, -0.15) is 0 Å². The minimum atomic E-state index is -2.79. The molecule has 0 aliphatic rings. The molecule has 0 unspecified atom stereocenters. The lowest BCUT2D eigenvalue weighted by Gasteiger charge is -2.43. The average Bonchev–Trinajstić information content (AvgIpc) is 2.73. The zero-order chi connectivity index (χ0) is 33.0. The van der Waals surface area contributed by atoms with Gasteiger partial charge in [0.2, 0.25) is 23.6 Å². The third kappa shape index (κ3) is 37.7. The van der Waals surface area contributed by atoms with Crippen LogP contribution in [0.1, 0.15) is 13.3 Å². The molecule has 4 amide bonds. The molecular formula is C25H54N4O7Si4. The van der Waals surface area contributed by atoms with Crippen molar-refractivity contribution in [3.63, 3.8) is 0 Å². The van der Waals surface area contributed by atoms with Crippen molar-refractivity contribution in [2.75, 3.05) is 6.54 Å². The van der Waals surface area contributed by atoms with Crippen LogP contribution in [0.15, 0.2) is 50.1 Å². The molecule has 0 atom stereocenters. The number of hydrogen-bond donors (Lipinski definition) is 4. The third-order valence-corrected chi connectivity index (χ3v) is 15.4. The molecule has 0 aliphatic heterocycles. The number of rotatable bonds is 14. The molecule has 0 fully saturated rings. The maximum Gasteiger partial charge on any atom is 0.469 e. The minimum absolute atomic E-state index is 0.101. The smallest absolute Gasteiger partial charge is 0.417 e. The lowest BCUT2D eigenvalue weighted by molar-refractivity contribution is -0.117. The Morgan fingerprint density at radius 3 is 1.10 bits per heavy atom. The van der Waals surface area contributed by atoms with Crippen molar-refractivity contribution < 1.29 is 31.5 Å². The van der Waals surface area contributed by atoms with Crippen LogP contribution in [-0.4, -0.2) is 63.9 Å². The van der Waals surface area contributed by atoms with E-state index in [0.29, 0.717) is 12.1 Å². The molecule has 11 nitrogen and oxygen atoms in total. The highest BCUT2D eigenvalue weighted by Gasteiger charge is 2.49. The van der Waals surface area contributed by atoms with Crippen LogP contribution in [-0.2, 0) is 31.5 Å². The molecule has 0 heterocycles. The largest absolute Gasteiger partial charge is 0.469 e. The summed E-state index contributed by atoms with van der Waals surface area (Å²) < 4.78 is 19.8. The predicted octanol–water partition coefficient (Wildman–Crippen LogP) is 3.54. The molecule has 0 rings (SSSR count). The Hall–Kier alpha value is -2.41. The van der Waals surface area contributed by atoms with Crippen LogP contribution in [0.4, 0.5) is 0 Å². The van der Waals surface area contributed by atoms with Gasteiger partial charge in [0.15, 0.2) is 25.0 Å². The molecule has 0 aromatic heterocycles. The summed E-state index contributed by atoms with van der Waals surface area (Å²) in [5.74, 6) is -1.55. The van der Waals surface area contributed by atoms with Crippen molar-refractivity contribution in [2.45, 2.75) is 78.3 Å². The molecule has 15 heteroatoms. The monoisotopic (exact) mass is 634 g/mol. The van der Waals surface area contributed by atoms with E-state index in [1.807, 2.05) is 0 Å².